The van der Waals surface area contributed by atoms with Crippen LogP contribution in [0.25, 0.3) is 10.9 Å². The highest BCUT2D eigenvalue weighted by Gasteiger charge is 2.22. The number of carbonyl (C=O) groups excluding carboxylic acids is 2. The molecule has 164 valence electrons. The molecule has 2 heterocycles. The number of nitrogens with zero attached hydrogens (tertiary/aromatic N) is 2. The lowest BCUT2D eigenvalue weighted by atomic mass is 9.96. The number of aromatic amines is 1. The number of likely N-dealkylation sites (tertiary alicyclic amines) is 1. The molecule has 0 unspecified atom stereocenters. The smallest absolute Gasteiger partial charge is 0.272 e. The van der Waals surface area contributed by atoms with Crippen molar-refractivity contribution >= 4 is 40.8 Å². The van der Waals surface area contributed by atoms with Crippen molar-refractivity contribution in [3.63, 3.8) is 0 Å². The molecule has 31 heavy (non-hydrogen) atoms. The van der Waals surface area contributed by atoms with Crippen molar-refractivity contribution in [1.29, 1.82) is 0 Å². The van der Waals surface area contributed by atoms with E-state index in [0.29, 0.717) is 24.7 Å². The van der Waals surface area contributed by atoms with E-state index >= 15 is 0 Å². The van der Waals surface area contributed by atoms with Crippen LogP contribution in [0.3, 0.4) is 0 Å². The van der Waals surface area contributed by atoms with Gasteiger partial charge in [0.05, 0.1) is 12.1 Å². The first-order chi connectivity index (χ1) is 14.6. The Balaban J connectivity index is 0.00000272. The van der Waals surface area contributed by atoms with E-state index in [1.807, 2.05) is 55.5 Å². The lowest BCUT2D eigenvalue weighted by Gasteiger charge is -2.31. The van der Waals surface area contributed by atoms with Crippen LogP contribution in [0.5, 0.6) is 0 Å². The van der Waals surface area contributed by atoms with Crippen LogP contribution in [0.4, 0.5) is 5.69 Å². The van der Waals surface area contributed by atoms with E-state index in [2.05, 4.69) is 25.7 Å². The number of piperidine rings is 1. The topological polar surface area (TPSA) is 90.1 Å². The van der Waals surface area contributed by atoms with Crippen LogP contribution in [0.2, 0.25) is 0 Å². The van der Waals surface area contributed by atoms with Crippen LogP contribution in [-0.2, 0) is 4.79 Å². The minimum absolute atomic E-state index is 0. The van der Waals surface area contributed by atoms with Crippen LogP contribution in [0, 0.1) is 12.8 Å². The number of hydrogen-bond acceptors (Lipinski definition) is 4. The summed E-state index contributed by atoms with van der Waals surface area (Å²) in [5.74, 6) is 0.277. The number of H-pyrrole nitrogens is 1. The predicted molar refractivity (Wildman–Crippen MR) is 125 cm³/mol. The Morgan fingerprint density at radius 1 is 1.13 bits per heavy atom. The van der Waals surface area contributed by atoms with Crippen molar-refractivity contribution in [1.82, 2.24) is 20.4 Å². The molecule has 3 N–H and O–H groups in total. The lowest BCUT2D eigenvalue weighted by molar-refractivity contribution is -0.117. The molecule has 8 heteroatoms. The summed E-state index contributed by atoms with van der Waals surface area (Å²) in [5.41, 5.74) is 3.24. The first-order valence-electron chi connectivity index (χ1n) is 10.4. The quantitative estimate of drug-likeness (QED) is 0.547. The maximum Gasteiger partial charge on any atom is 0.272 e. The van der Waals surface area contributed by atoms with Crippen molar-refractivity contribution in [2.45, 2.75) is 19.8 Å². The molecule has 1 aliphatic rings. The molecule has 0 bridgehead atoms. The van der Waals surface area contributed by atoms with Gasteiger partial charge < -0.3 is 10.6 Å². The third-order valence-corrected chi connectivity index (χ3v) is 5.62. The molecule has 1 aromatic heterocycles. The Kier molecular flexibility index (Phi) is 7.65. The number of aryl methyl sites for hydroxylation is 1. The van der Waals surface area contributed by atoms with Crippen molar-refractivity contribution in [2.75, 3.05) is 31.5 Å². The Morgan fingerprint density at radius 3 is 2.61 bits per heavy atom. The number of para-hydroxylation sites is 1. The van der Waals surface area contributed by atoms with Gasteiger partial charge in [-0.05, 0) is 63.0 Å². The van der Waals surface area contributed by atoms with Gasteiger partial charge in [0.15, 0.2) is 5.69 Å². The zero-order chi connectivity index (χ0) is 20.9. The van der Waals surface area contributed by atoms with Crippen LogP contribution in [0.15, 0.2) is 48.5 Å². The molecule has 0 saturated carbocycles. The molecule has 0 aliphatic carbocycles. The summed E-state index contributed by atoms with van der Waals surface area (Å²) in [5, 5.41) is 13.9. The molecule has 1 saturated heterocycles. The Bertz CT molecular complexity index is 1030. The number of fused-ring (bicyclic) bond motifs is 1. The van der Waals surface area contributed by atoms with E-state index in [1.54, 1.807) is 0 Å². The lowest BCUT2D eigenvalue weighted by Crippen LogP contribution is -2.42. The molecular weight excluding hydrogens is 414 g/mol. The summed E-state index contributed by atoms with van der Waals surface area (Å²) in [7, 11) is 0. The van der Waals surface area contributed by atoms with Gasteiger partial charge in [-0.3, -0.25) is 19.6 Å². The maximum atomic E-state index is 12.6. The molecule has 1 aliphatic heterocycles. The molecule has 2 aromatic carbocycles. The van der Waals surface area contributed by atoms with Crippen LogP contribution < -0.4 is 10.6 Å². The third-order valence-electron chi connectivity index (χ3n) is 5.62. The Labute approximate surface area is 188 Å². The molecule has 7 nitrogen and oxygen atoms in total. The van der Waals surface area contributed by atoms with Crippen LogP contribution in [0.1, 0.15) is 28.9 Å². The molecule has 0 spiro atoms. The second-order valence-electron chi connectivity index (χ2n) is 7.97. The minimum Gasteiger partial charge on any atom is -0.350 e. The number of halogens is 1. The molecule has 0 atom stereocenters. The van der Waals surface area contributed by atoms with Crippen LogP contribution in [-0.4, -0.2) is 53.1 Å². The summed E-state index contributed by atoms with van der Waals surface area (Å²) in [6.45, 7) is 4.73. The zero-order valence-corrected chi connectivity index (χ0v) is 18.4. The number of rotatable bonds is 6. The monoisotopic (exact) mass is 441 g/mol. The Morgan fingerprint density at radius 2 is 1.87 bits per heavy atom. The fourth-order valence-corrected chi connectivity index (χ4v) is 3.90. The maximum absolute atomic E-state index is 12.6. The second kappa shape index (κ2) is 10.4. The van der Waals surface area contributed by atoms with Gasteiger partial charge in [-0.25, -0.2) is 0 Å². The van der Waals surface area contributed by atoms with Gasteiger partial charge in [-0.2, -0.15) is 5.10 Å². The van der Waals surface area contributed by atoms with Gasteiger partial charge in [0, 0.05) is 17.6 Å². The fraction of sp³-hybridized carbons (Fsp3) is 0.348. The molecule has 0 radical (unpaired) electrons. The van der Waals surface area contributed by atoms with Gasteiger partial charge in [-0.1, -0.05) is 29.8 Å². The number of anilines is 1. The number of hydrogen-bond donors (Lipinski definition) is 3. The standard InChI is InChI=1S/C23H27N5O2.ClH/c1-16-7-8-20-19(13-16)22(27-26-20)23(30)24-14-17-9-11-28(12-10-17)15-21(29)25-18-5-3-2-4-6-18;/h2-8,13,17H,9-12,14-15H2,1H3,(H,24,30)(H,25,29)(H,26,27);1H. The fourth-order valence-electron chi connectivity index (χ4n) is 3.90. The average Bonchev–Trinajstić information content (AvgIpc) is 3.17. The largest absolute Gasteiger partial charge is 0.350 e. The summed E-state index contributed by atoms with van der Waals surface area (Å²) in [6, 6.07) is 15.4. The van der Waals surface area contributed by atoms with Crippen molar-refractivity contribution in [2.24, 2.45) is 5.92 Å². The summed E-state index contributed by atoms with van der Waals surface area (Å²) in [4.78, 5) is 27.0. The van der Waals surface area contributed by atoms with Gasteiger partial charge in [0.1, 0.15) is 0 Å². The van der Waals surface area contributed by atoms with Crippen molar-refractivity contribution in [3.05, 3.63) is 59.8 Å². The van der Waals surface area contributed by atoms with Gasteiger partial charge in [0.25, 0.3) is 5.91 Å². The third kappa shape index (κ3) is 5.83. The van der Waals surface area contributed by atoms with E-state index in [0.717, 1.165) is 48.1 Å². The highest BCUT2D eigenvalue weighted by molar-refractivity contribution is 6.04. The van der Waals surface area contributed by atoms with Gasteiger partial charge >= 0.3 is 0 Å². The summed E-state index contributed by atoms with van der Waals surface area (Å²) in [6.07, 6.45) is 1.92. The summed E-state index contributed by atoms with van der Waals surface area (Å²) < 4.78 is 0. The zero-order valence-electron chi connectivity index (χ0n) is 17.6. The number of carbonyl (C=O) groups is 2. The van der Waals surface area contributed by atoms with E-state index in [4.69, 9.17) is 0 Å². The average molecular weight is 442 g/mol. The van der Waals surface area contributed by atoms with Crippen molar-refractivity contribution < 1.29 is 9.59 Å². The highest BCUT2D eigenvalue weighted by Crippen LogP contribution is 2.19. The minimum atomic E-state index is -0.142. The highest BCUT2D eigenvalue weighted by atomic mass is 35.5. The van der Waals surface area contributed by atoms with E-state index in [-0.39, 0.29) is 24.2 Å². The Hall–Kier alpha value is -2.90. The molecular formula is C23H28ClN5O2. The first-order valence-corrected chi connectivity index (χ1v) is 10.4. The molecule has 1 fully saturated rings. The molecule has 3 aromatic rings. The number of benzene rings is 2. The predicted octanol–water partition coefficient (Wildman–Crippen LogP) is 3.37. The van der Waals surface area contributed by atoms with E-state index < -0.39 is 0 Å². The SMILES string of the molecule is Cc1ccc2[nH]nc(C(=O)NCC3CCN(CC(=O)Nc4ccccc4)CC3)c2c1.Cl. The van der Waals surface area contributed by atoms with E-state index in [1.165, 1.54) is 0 Å². The number of nitrogens with one attached hydrogen (secondary N) is 3. The van der Waals surface area contributed by atoms with Gasteiger partial charge in [0.2, 0.25) is 5.91 Å². The summed E-state index contributed by atoms with van der Waals surface area (Å²) >= 11 is 0. The van der Waals surface area contributed by atoms with E-state index in [9.17, 15) is 9.59 Å². The first kappa shape index (κ1) is 22.8. The molecule has 2 amide bonds. The normalized spacial score (nSPS) is 14.7. The number of amides is 2. The second-order valence-corrected chi connectivity index (χ2v) is 7.97. The molecule has 4 rings (SSSR count). The number of aromatic nitrogens is 2. The van der Waals surface area contributed by atoms with Crippen molar-refractivity contribution in [3.8, 4) is 0 Å². The van der Waals surface area contributed by atoms with Gasteiger partial charge in [-0.15, -0.1) is 12.4 Å². The van der Waals surface area contributed by atoms with Crippen LogP contribution >= 0.6 is 12.4 Å².